The predicted octanol–water partition coefficient (Wildman–Crippen LogP) is 19.5. The van der Waals surface area contributed by atoms with E-state index in [-0.39, 0.29) is 7.43 Å². The summed E-state index contributed by atoms with van der Waals surface area (Å²) in [6.07, 6.45) is 0. The zero-order chi connectivity index (χ0) is 41.4. The summed E-state index contributed by atoms with van der Waals surface area (Å²) in [5.74, 6) is 0. The number of fused-ring (bicyclic) bond motifs is 17. The van der Waals surface area contributed by atoms with Crippen molar-refractivity contribution < 1.29 is 0 Å². The van der Waals surface area contributed by atoms with Crippen molar-refractivity contribution in [3.05, 3.63) is 194 Å². The van der Waals surface area contributed by atoms with Gasteiger partial charge < -0.3 is 0 Å². The van der Waals surface area contributed by atoms with E-state index >= 15 is 0 Å². The van der Waals surface area contributed by atoms with Gasteiger partial charge in [-0.2, -0.15) is 0 Å². The topological polar surface area (TPSA) is 0 Å². The largest absolute Gasteiger partial charge is 0.135 e. The molecule has 0 fully saturated rings. The summed E-state index contributed by atoms with van der Waals surface area (Å²) in [4.78, 5) is 0. The Morgan fingerprint density at radius 3 is 1.02 bits per heavy atom. The lowest BCUT2D eigenvalue weighted by Crippen LogP contribution is -1.93. The molecule has 16 rings (SSSR count). The lowest BCUT2D eigenvalue weighted by molar-refractivity contribution is 1.70. The second kappa shape index (κ2) is 12.8. The van der Waals surface area contributed by atoms with Crippen molar-refractivity contribution in [3.8, 4) is 66.8 Å². The van der Waals surface area contributed by atoms with E-state index in [1.165, 1.54) is 161 Å². The first-order valence-corrected chi connectivity index (χ1v) is 23.8. The van der Waals surface area contributed by atoms with Gasteiger partial charge in [-0.05, 0) is 157 Å². The molecule has 0 aliphatic heterocycles. The van der Waals surface area contributed by atoms with Crippen LogP contribution < -0.4 is 0 Å². The van der Waals surface area contributed by atoms with Crippen LogP contribution in [0.2, 0.25) is 0 Å². The average Bonchev–Trinajstić information content (AvgIpc) is 4.10. The molecule has 0 atom stereocenters. The van der Waals surface area contributed by atoms with Crippen LogP contribution in [0.25, 0.3) is 161 Å². The number of hydrogen-bond donors (Lipinski definition) is 0. The summed E-state index contributed by atoms with van der Waals surface area (Å²) in [5.41, 5.74) is 16.0. The van der Waals surface area contributed by atoms with Gasteiger partial charge in [-0.15, -0.1) is 22.7 Å². The summed E-state index contributed by atoms with van der Waals surface area (Å²) < 4.78 is 5.32. The lowest BCUT2D eigenvalue weighted by atomic mass is 9.83. The van der Waals surface area contributed by atoms with E-state index in [9.17, 15) is 0 Å². The molecule has 12 aromatic carbocycles. The summed E-state index contributed by atoms with van der Waals surface area (Å²) in [6, 6.07) is 74.2. The number of benzene rings is 12. The van der Waals surface area contributed by atoms with Crippen molar-refractivity contribution in [3.63, 3.8) is 0 Å². The highest BCUT2D eigenvalue weighted by Crippen LogP contribution is 2.58. The van der Waals surface area contributed by atoms with Crippen molar-refractivity contribution in [2.24, 2.45) is 0 Å². The zero-order valence-corrected chi connectivity index (χ0v) is 35.9. The van der Waals surface area contributed by atoms with Crippen molar-refractivity contribution in [2.75, 3.05) is 0 Å². The van der Waals surface area contributed by atoms with Gasteiger partial charge in [0.25, 0.3) is 0 Å². The van der Waals surface area contributed by atoms with Gasteiger partial charge in [-0.25, -0.2) is 0 Å². The fraction of sp³-hybridized carbons (Fsp3) is 0.0159. The average molecular weight is 857 g/mol. The second-order valence-corrected chi connectivity index (χ2v) is 19.9. The molecule has 2 heteroatoms. The fourth-order valence-corrected chi connectivity index (χ4v) is 14.5. The Kier molecular flexibility index (Phi) is 7.03. The SMILES string of the molecule is C.c1cc2c3c(cccc3c1)-c1c-2cc2c(ccc3c4cc5c(c(-c6cccc7sc8ccccc8c67)c4ccc23)-c2cccc3cccc-5c23)c1-c1cccc2sc3ccccc3c12. The third-order valence-corrected chi connectivity index (χ3v) is 17.0. The van der Waals surface area contributed by atoms with Gasteiger partial charge in [-0.1, -0.05) is 165 Å². The van der Waals surface area contributed by atoms with Crippen LogP contribution in [0.1, 0.15) is 7.43 Å². The molecule has 2 aromatic heterocycles. The first-order chi connectivity index (χ1) is 31.8. The molecule has 0 radical (unpaired) electrons. The molecule has 0 bridgehead atoms. The van der Waals surface area contributed by atoms with Gasteiger partial charge in [0.05, 0.1) is 0 Å². The Hall–Kier alpha value is -7.62. The van der Waals surface area contributed by atoms with E-state index in [1.807, 2.05) is 22.7 Å². The Morgan fingerprint density at radius 2 is 0.569 bits per heavy atom. The third-order valence-electron chi connectivity index (χ3n) is 14.7. The highest BCUT2D eigenvalue weighted by Gasteiger charge is 2.31. The lowest BCUT2D eigenvalue weighted by Gasteiger charge is -2.20. The van der Waals surface area contributed by atoms with Crippen molar-refractivity contribution in [1.82, 2.24) is 0 Å². The Bertz CT molecular complexity index is 4180. The molecular formula is C63H36S2. The van der Waals surface area contributed by atoms with E-state index in [2.05, 4.69) is 194 Å². The Labute approximate surface area is 382 Å². The maximum absolute atomic E-state index is 2.53. The molecule has 0 nitrogen and oxygen atoms in total. The molecule has 14 aromatic rings. The summed E-state index contributed by atoms with van der Waals surface area (Å²) >= 11 is 3.80. The fourth-order valence-electron chi connectivity index (χ4n) is 12.2. The summed E-state index contributed by atoms with van der Waals surface area (Å²) in [5, 5.41) is 18.4. The van der Waals surface area contributed by atoms with Crippen LogP contribution >= 0.6 is 22.7 Å². The molecule has 0 saturated heterocycles. The van der Waals surface area contributed by atoms with Crippen LogP contribution in [-0.4, -0.2) is 0 Å². The standard InChI is InChI=1S/C62H32S2.CH4/c1-3-23-51-41(15-1)57-45(21-9-25-53(57)63-51)59-39-29-27-36-35(47(39)31-49-37-17-5-11-33-13-7-19-43(55(33)37)61(49)59)28-30-40-48(36)32-50-38-18-6-12-34-14-8-20-44(56(34)38)62(50)60(40)46-22-10-26-54-58(46)42-16-2-4-24-52(42)64-54;/h1-32H;1H4. The highest BCUT2D eigenvalue weighted by atomic mass is 32.1. The molecule has 0 saturated carbocycles. The molecule has 300 valence electrons. The maximum Gasteiger partial charge on any atom is 0.0361 e. The van der Waals surface area contributed by atoms with Crippen molar-refractivity contribution in [2.45, 2.75) is 7.43 Å². The summed E-state index contributed by atoms with van der Waals surface area (Å²) in [7, 11) is 0. The van der Waals surface area contributed by atoms with Crippen LogP contribution in [0.4, 0.5) is 0 Å². The number of thiophene rings is 2. The van der Waals surface area contributed by atoms with Gasteiger partial charge >= 0.3 is 0 Å². The molecule has 0 N–H and O–H groups in total. The molecule has 2 aliphatic carbocycles. The van der Waals surface area contributed by atoms with Crippen LogP contribution in [0.5, 0.6) is 0 Å². The van der Waals surface area contributed by atoms with Gasteiger partial charge in [0.15, 0.2) is 0 Å². The molecule has 0 spiro atoms. The maximum atomic E-state index is 2.53. The predicted molar refractivity (Wildman–Crippen MR) is 286 cm³/mol. The zero-order valence-electron chi connectivity index (χ0n) is 34.3. The minimum atomic E-state index is 0. The minimum Gasteiger partial charge on any atom is -0.135 e. The van der Waals surface area contributed by atoms with E-state index in [0.29, 0.717) is 0 Å². The summed E-state index contributed by atoms with van der Waals surface area (Å²) in [6.45, 7) is 0. The van der Waals surface area contributed by atoms with Gasteiger partial charge in [0.1, 0.15) is 0 Å². The molecule has 2 heterocycles. The van der Waals surface area contributed by atoms with E-state index in [1.54, 1.807) is 0 Å². The van der Waals surface area contributed by atoms with Gasteiger partial charge in [0, 0.05) is 40.3 Å². The molecule has 0 amide bonds. The van der Waals surface area contributed by atoms with Gasteiger partial charge in [0.2, 0.25) is 0 Å². The van der Waals surface area contributed by atoms with Crippen LogP contribution in [0.3, 0.4) is 0 Å². The van der Waals surface area contributed by atoms with Crippen molar-refractivity contribution in [1.29, 1.82) is 0 Å². The number of rotatable bonds is 2. The van der Waals surface area contributed by atoms with E-state index in [0.717, 1.165) is 0 Å². The quantitative estimate of drug-likeness (QED) is 0.152. The second-order valence-electron chi connectivity index (χ2n) is 17.7. The van der Waals surface area contributed by atoms with Crippen LogP contribution in [0, 0.1) is 0 Å². The molecule has 65 heavy (non-hydrogen) atoms. The Morgan fingerprint density at radius 1 is 0.215 bits per heavy atom. The minimum absolute atomic E-state index is 0. The van der Waals surface area contributed by atoms with Crippen molar-refractivity contribution >= 4 is 117 Å². The number of hydrogen-bond acceptors (Lipinski definition) is 2. The highest BCUT2D eigenvalue weighted by molar-refractivity contribution is 7.26. The van der Waals surface area contributed by atoms with E-state index < -0.39 is 0 Å². The van der Waals surface area contributed by atoms with E-state index in [4.69, 9.17) is 0 Å². The first kappa shape index (κ1) is 35.8. The molecule has 2 aliphatic rings. The monoisotopic (exact) mass is 856 g/mol. The molecular weight excluding hydrogens is 821 g/mol. The van der Waals surface area contributed by atoms with Gasteiger partial charge in [-0.3, -0.25) is 0 Å². The first-order valence-electron chi connectivity index (χ1n) is 22.2. The smallest absolute Gasteiger partial charge is 0.0361 e. The van der Waals surface area contributed by atoms with Crippen LogP contribution in [-0.2, 0) is 0 Å². The molecule has 0 unspecified atom stereocenters. The Balaban J connectivity index is 0.00000390. The normalized spacial score (nSPS) is 12.5. The van der Waals surface area contributed by atoms with Crippen LogP contribution in [0.15, 0.2) is 194 Å². The third kappa shape index (κ3) is 4.50.